The molecular formula is C18H32LiSn. The summed E-state index contributed by atoms with van der Waals surface area (Å²) in [6, 6.07) is 11.6. The molecule has 0 aliphatic carbocycles. The van der Waals surface area contributed by atoms with Crippen molar-refractivity contribution >= 4 is 40.8 Å². The third kappa shape index (κ3) is 6.59. The van der Waals surface area contributed by atoms with E-state index in [0.29, 0.717) is 0 Å². The molecule has 0 saturated heterocycles. The molecule has 2 heteroatoms. The van der Waals surface area contributed by atoms with Crippen LogP contribution in [0.2, 0.25) is 13.3 Å². The van der Waals surface area contributed by atoms with Gasteiger partial charge in [-0.15, -0.1) is 0 Å². The Kier molecular flexibility index (Phi) is 12.6. The minimum absolute atomic E-state index is 0. The van der Waals surface area contributed by atoms with Gasteiger partial charge in [-0.3, -0.25) is 0 Å². The van der Waals surface area contributed by atoms with E-state index in [1.54, 1.807) is 16.9 Å². The zero-order valence-corrected chi connectivity index (χ0v) is 17.1. The van der Waals surface area contributed by atoms with Crippen LogP contribution in [-0.2, 0) is 0 Å². The van der Waals surface area contributed by atoms with Crippen LogP contribution in [0.5, 0.6) is 0 Å². The number of hydrogen-bond donors (Lipinski definition) is 0. The molecule has 0 aliphatic heterocycles. The van der Waals surface area contributed by atoms with Gasteiger partial charge in [-0.05, 0) is 0 Å². The fourth-order valence-electron chi connectivity index (χ4n) is 3.15. The van der Waals surface area contributed by atoms with Gasteiger partial charge in [0.2, 0.25) is 0 Å². The zero-order chi connectivity index (χ0) is 14.0. The summed E-state index contributed by atoms with van der Waals surface area (Å²) in [5.41, 5.74) is 0. The first-order valence-electron chi connectivity index (χ1n) is 8.34. The summed E-state index contributed by atoms with van der Waals surface area (Å²) in [4.78, 5) is 0. The largest absolute Gasteiger partial charge is 0 e. The quantitative estimate of drug-likeness (QED) is 0.484. The molecule has 0 atom stereocenters. The van der Waals surface area contributed by atoms with Crippen LogP contribution < -0.4 is 3.58 Å². The first-order chi connectivity index (χ1) is 9.29. The molecular weight excluding hydrogens is 342 g/mol. The molecule has 0 nitrogen and oxygen atoms in total. The first-order valence-corrected chi connectivity index (χ1v) is 15.8. The average Bonchev–Trinajstić information content (AvgIpc) is 2.48. The molecule has 0 aliphatic rings. The number of unbranched alkanes of at least 4 members (excludes halogenated alkanes) is 3. The Morgan fingerprint density at radius 2 is 1.10 bits per heavy atom. The fraction of sp³-hybridized carbons (Fsp3) is 0.667. The van der Waals surface area contributed by atoms with Crippen LogP contribution in [0.4, 0.5) is 0 Å². The summed E-state index contributed by atoms with van der Waals surface area (Å²) in [5.74, 6) is 0. The van der Waals surface area contributed by atoms with Crippen molar-refractivity contribution in [2.45, 2.75) is 72.6 Å². The molecule has 0 bridgehead atoms. The summed E-state index contributed by atoms with van der Waals surface area (Å²) in [5, 5.41) is 0. The second-order valence-corrected chi connectivity index (χ2v) is 19.2. The van der Waals surface area contributed by atoms with Crippen LogP contribution in [0.1, 0.15) is 59.3 Å². The van der Waals surface area contributed by atoms with E-state index in [2.05, 4.69) is 51.1 Å². The van der Waals surface area contributed by atoms with Gasteiger partial charge in [-0.25, -0.2) is 0 Å². The van der Waals surface area contributed by atoms with Crippen LogP contribution in [0, 0.1) is 0 Å². The second-order valence-electron chi connectivity index (χ2n) is 5.96. The van der Waals surface area contributed by atoms with Gasteiger partial charge in [0.15, 0.2) is 0 Å². The van der Waals surface area contributed by atoms with Crippen LogP contribution in [0.25, 0.3) is 0 Å². The Morgan fingerprint density at radius 3 is 1.45 bits per heavy atom. The van der Waals surface area contributed by atoms with E-state index < -0.39 is 18.4 Å². The summed E-state index contributed by atoms with van der Waals surface area (Å²) in [6.45, 7) is 7.05. The van der Waals surface area contributed by atoms with Gasteiger partial charge >= 0.3 is 125 Å². The van der Waals surface area contributed by atoms with Crippen LogP contribution >= 0.6 is 0 Å². The van der Waals surface area contributed by atoms with Crippen molar-refractivity contribution in [1.29, 1.82) is 0 Å². The van der Waals surface area contributed by atoms with Crippen molar-refractivity contribution in [3.8, 4) is 0 Å². The van der Waals surface area contributed by atoms with E-state index in [4.69, 9.17) is 0 Å². The molecule has 1 rings (SSSR count). The number of benzene rings is 1. The Morgan fingerprint density at radius 1 is 0.700 bits per heavy atom. The predicted octanol–water partition coefficient (Wildman–Crippen LogP) is 5.36. The van der Waals surface area contributed by atoms with E-state index in [9.17, 15) is 0 Å². The van der Waals surface area contributed by atoms with Gasteiger partial charge in [-0.2, -0.15) is 0 Å². The Hall–Kier alpha value is 0.616. The average molecular weight is 374 g/mol. The van der Waals surface area contributed by atoms with Crippen molar-refractivity contribution in [2.24, 2.45) is 0 Å². The van der Waals surface area contributed by atoms with Crippen molar-refractivity contribution in [2.75, 3.05) is 0 Å². The van der Waals surface area contributed by atoms with E-state index in [1.165, 1.54) is 38.5 Å². The SMILES string of the molecule is CCC[CH2][Sn]([CH2]CCC)([CH2]CCC)[c]1ccccc1.[Li]. The van der Waals surface area contributed by atoms with Crippen molar-refractivity contribution in [3.63, 3.8) is 0 Å². The molecule has 0 spiro atoms. The summed E-state index contributed by atoms with van der Waals surface area (Å²) < 4.78 is 6.53. The standard InChI is InChI=1S/C6H5.3C4H9.Li.Sn/c1-2-4-6-5-3-1;3*1-3-4-2;;/h1-5H;3*1,3-4H2,2H3;;. The zero-order valence-electron chi connectivity index (χ0n) is 14.3. The molecule has 20 heavy (non-hydrogen) atoms. The third-order valence-corrected chi connectivity index (χ3v) is 20.1. The number of rotatable bonds is 10. The minimum Gasteiger partial charge on any atom is 0 e. The Balaban J connectivity index is 0.00000361. The van der Waals surface area contributed by atoms with Crippen molar-refractivity contribution in [3.05, 3.63) is 30.3 Å². The maximum Gasteiger partial charge on any atom is 0 e. The molecule has 0 N–H and O–H groups in total. The summed E-state index contributed by atoms with van der Waals surface area (Å²) >= 11 is -2.10. The molecule has 1 radical (unpaired) electrons. The van der Waals surface area contributed by atoms with E-state index >= 15 is 0 Å². The molecule has 109 valence electrons. The molecule has 1 aromatic carbocycles. The van der Waals surface area contributed by atoms with Crippen molar-refractivity contribution < 1.29 is 0 Å². The molecule has 0 saturated carbocycles. The van der Waals surface area contributed by atoms with Gasteiger partial charge in [0.25, 0.3) is 0 Å². The topological polar surface area (TPSA) is 0 Å². The maximum absolute atomic E-state index is 2.46. The van der Waals surface area contributed by atoms with Crippen LogP contribution in [0.3, 0.4) is 0 Å². The van der Waals surface area contributed by atoms with E-state index in [0.717, 1.165) is 0 Å². The monoisotopic (exact) mass is 375 g/mol. The fourth-order valence-corrected chi connectivity index (χ4v) is 19.1. The Bertz CT molecular complexity index is 302. The summed E-state index contributed by atoms with van der Waals surface area (Å²) in [6.07, 6.45) is 8.46. The van der Waals surface area contributed by atoms with Gasteiger partial charge in [-0.1, -0.05) is 0 Å². The van der Waals surface area contributed by atoms with Crippen LogP contribution in [0.15, 0.2) is 30.3 Å². The first kappa shape index (κ1) is 20.6. The molecule has 0 fully saturated rings. The Labute approximate surface area is 143 Å². The normalized spacial score (nSPS) is 11.2. The molecule has 0 amide bonds. The van der Waals surface area contributed by atoms with Gasteiger partial charge in [0.1, 0.15) is 0 Å². The second kappa shape index (κ2) is 12.2. The van der Waals surface area contributed by atoms with E-state index in [1.807, 2.05) is 0 Å². The smallest absolute Gasteiger partial charge is 0 e. The molecule has 0 heterocycles. The minimum atomic E-state index is -2.10. The van der Waals surface area contributed by atoms with Gasteiger partial charge in [0, 0.05) is 18.9 Å². The van der Waals surface area contributed by atoms with Crippen LogP contribution in [-0.4, -0.2) is 37.2 Å². The third-order valence-electron chi connectivity index (χ3n) is 4.41. The predicted molar refractivity (Wildman–Crippen MR) is 96.7 cm³/mol. The van der Waals surface area contributed by atoms with Crippen molar-refractivity contribution in [1.82, 2.24) is 0 Å². The van der Waals surface area contributed by atoms with Gasteiger partial charge in [0.05, 0.1) is 0 Å². The molecule has 0 unspecified atom stereocenters. The van der Waals surface area contributed by atoms with E-state index in [-0.39, 0.29) is 18.9 Å². The summed E-state index contributed by atoms with van der Waals surface area (Å²) in [7, 11) is 0. The van der Waals surface area contributed by atoms with Gasteiger partial charge < -0.3 is 0 Å². The molecule has 1 aromatic rings. The molecule has 0 aromatic heterocycles. The maximum atomic E-state index is 2.46. The number of hydrogen-bond acceptors (Lipinski definition) is 0.